The molecule has 0 aromatic rings. The minimum atomic E-state index is -0.392. The van der Waals surface area contributed by atoms with E-state index in [0.29, 0.717) is 6.54 Å². The van der Waals surface area contributed by atoms with Crippen molar-refractivity contribution in [3.05, 3.63) is 0 Å². The molecule has 3 amide bonds. The van der Waals surface area contributed by atoms with Gasteiger partial charge in [-0.1, -0.05) is 0 Å². The van der Waals surface area contributed by atoms with Gasteiger partial charge in [0.25, 0.3) is 5.91 Å². The fraction of sp³-hybridized carbons (Fsp3) is 0.750. The number of imide groups is 1. The number of aliphatic imine (C=N–C) groups is 1. The Kier molecular flexibility index (Phi) is 2.83. The highest BCUT2D eigenvalue weighted by Crippen LogP contribution is 2.26. The molecule has 104 valence electrons. The lowest BCUT2D eigenvalue weighted by molar-refractivity contribution is -0.127. The number of likely N-dealkylation sites (tertiary alicyclic amines) is 1. The van der Waals surface area contributed by atoms with Crippen LogP contribution in [-0.4, -0.2) is 71.5 Å². The molecule has 7 heteroatoms. The topological polar surface area (TPSA) is 68.2 Å². The zero-order chi connectivity index (χ0) is 13.6. The molecule has 0 aromatic carbocycles. The van der Waals surface area contributed by atoms with Crippen LogP contribution in [0.4, 0.5) is 4.79 Å². The zero-order valence-electron chi connectivity index (χ0n) is 11.3. The van der Waals surface area contributed by atoms with Crippen molar-refractivity contribution >= 4 is 17.9 Å². The van der Waals surface area contributed by atoms with E-state index in [0.717, 1.165) is 31.9 Å². The number of hydrogen-bond acceptors (Lipinski definition) is 5. The molecule has 0 saturated carbocycles. The van der Waals surface area contributed by atoms with E-state index in [9.17, 15) is 9.59 Å². The lowest BCUT2D eigenvalue weighted by Crippen LogP contribution is -2.64. The van der Waals surface area contributed by atoms with Gasteiger partial charge in [-0.25, -0.2) is 9.79 Å². The molecule has 2 saturated heterocycles. The summed E-state index contributed by atoms with van der Waals surface area (Å²) in [7, 11) is 1.68. The molecular formula is C12H19N5O2. The van der Waals surface area contributed by atoms with Crippen LogP contribution in [0.3, 0.4) is 0 Å². The number of nitrogens with zero attached hydrogens (tertiary/aromatic N) is 4. The van der Waals surface area contributed by atoms with Gasteiger partial charge in [0.1, 0.15) is 0 Å². The average molecular weight is 265 g/mol. The molecule has 1 N–H and O–H groups in total. The van der Waals surface area contributed by atoms with Gasteiger partial charge in [-0.15, -0.1) is 0 Å². The van der Waals surface area contributed by atoms with Crippen molar-refractivity contribution in [2.24, 2.45) is 4.99 Å². The molecular weight excluding hydrogens is 246 g/mol. The summed E-state index contributed by atoms with van der Waals surface area (Å²) in [4.78, 5) is 34.1. The molecule has 2 unspecified atom stereocenters. The summed E-state index contributed by atoms with van der Waals surface area (Å²) in [5, 5.41) is 2.39. The number of amides is 3. The van der Waals surface area contributed by atoms with Gasteiger partial charge < -0.3 is 14.7 Å². The fourth-order valence-corrected chi connectivity index (χ4v) is 3.03. The summed E-state index contributed by atoms with van der Waals surface area (Å²) >= 11 is 0. The van der Waals surface area contributed by atoms with Crippen molar-refractivity contribution in [1.82, 2.24) is 20.0 Å². The van der Waals surface area contributed by atoms with E-state index >= 15 is 0 Å². The number of hydrogen-bond donors (Lipinski definition) is 1. The highest BCUT2D eigenvalue weighted by molar-refractivity contribution is 6.03. The number of guanidine groups is 1. The minimum Gasteiger partial charge on any atom is -0.343 e. The summed E-state index contributed by atoms with van der Waals surface area (Å²) in [6.07, 6.45) is 1.93. The lowest BCUT2D eigenvalue weighted by Gasteiger charge is -2.36. The Morgan fingerprint density at radius 3 is 2.63 bits per heavy atom. The van der Waals surface area contributed by atoms with Crippen molar-refractivity contribution in [3.63, 3.8) is 0 Å². The quantitative estimate of drug-likeness (QED) is 0.703. The number of fused-ring (bicyclic) bond motifs is 1. The van der Waals surface area contributed by atoms with Crippen molar-refractivity contribution in [2.45, 2.75) is 32.0 Å². The van der Waals surface area contributed by atoms with E-state index in [2.05, 4.69) is 15.2 Å². The first-order valence-corrected chi connectivity index (χ1v) is 6.80. The van der Waals surface area contributed by atoms with Gasteiger partial charge >= 0.3 is 6.03 Å². The standard InChI is InChI=1S/C12H19N5O2/c1-3-17-8-9(15(2)12(19)14-10(8)18)13-11(17)16-6-4-5-7-16/h8-9H,3-7H2,1-2H3,(H,14,18,19). The van der Waals surface area contributed by atoms with Gasteiger partial charge in [0.15, 0.2) is 18.2 Å². The van der Waals surface area contributed by atoms with Crippen molar-refractivity contribution in [1.29, 1.82) is 0 Å². The van der Waals surface area contributed by atoms with Gasteiger partial charge in [-0.05, 0) is 19.8 Å². The number of rotatable bonds is 1. The largest absolute Gasteiger partial charge is 0.343 e. The van der Waals surface area contributed by atoms with Crippen molar-refractivity contribution < 1.29 is 9.59 Å². The Morgan fingerprint density at radius 2 is 2.00 bits per heavy atom. The molecule has 2 fully saturated rings. The van der Waals surface area contributed by atoms with Crippen LogP contribution in [-0.2, 0) is 4.79 Å². The van der Waals surface area contributed by atoms with Gasteiger partial charge in [0, 0.05) is 26.7 Å². The maximum Gasteiger partial charge on any atom is 0.325 e. The summed E-state index contributed by atoms with van der Waals surface area (Å²) in [6, 6.07) is -0.753. The molecule has 0 aliphatic carbocycles. The molecule has 7 nitrogen and oxygen atoms in total. The average Bonchev–Trinajstić information content (AvgIpc) is 3.02. The van der Waals surface area contributed by atoms with Crippen LogP contribution in [0.5, 0.6) is 0 Å². The predicted octanol–water partition coefficient (Wildman–Crippen LogP) is -0.350. The normalized spacial score (nSPS) is 30.6. The van der Waals surface area contributed by atoms with Crippen LogP contribution in [0.15, 0.2) is 4.99 Å². The summed E-state index contributed by atoms with van der Waals surface area (Å²) in [5.74, 6) is 0.625. The smallest absolute Gasteiger partial charge is 0.325 e. The van der Waals surface area contributed by atoms with Crippen LogP contribution in [0.25, 0.3) is 0 Å². The lowest BCUT2D eigenvalue weighted by atomic mass is 10.1. The molecule has 3 aliphatic rings. The van der Waals surface area contributed by atoms with Crippen molar-refractivity contribution in [2.75, 3.05) is 26.7 Å². The fourth-order valence-electron chi connectivity index (χ4n) is 3.03. The first kappa shape index (κ1) is 12.3. The summed E-state index contributed by atoms with van der Waals surface area (Å²) < 4.78 is 0. The SMILES string of the molecule is CCN1C(N2CCCC2)=NC2C1C(=O)NC(=O)N2C. The highest BCUT2D eigenvalue weighted by Gasteiger charge is 2.49. The molecule has 19 heavy (non-hydrogen) atoms. The third kappa shape index (κ3) is 1.75. The van der Waals surface area contributed by atoms with E-state index in [1.807, 2.05) is 11.8 Å². The molecule has 2 atom stereocenters. The first-order valence-electron chi connectivity index (χ1n) is 6.80. The maximum atomic E-state index is 12.1. The Bertz CT molecular complexity index is 443. The molecule has 3 heterocycles. The van der Waals surface area contributed by atoms with Gasteiger partial charge in [-0.3, -0.25) is 10.1 Å². The third-order valence-electron chi connectivity index (χ3n) is 4.07. The molecule has 0 radical (unpaired) electrons. The number of carbonyl (C=O) groups excluding carboxylic acids is 2. The predicted molar refractivity (Wildman–Crippen MR) is 69.5 cm³/mol. The van der Waals surface area contributed by atoms with Gasteiger partial charge in [0.05, 0.1) is 0 Å². The zero-order valence-corrected chi connectivity index (χ0v) is 11.3. The second-order valence-electron chi connectivity index (χ2n) is 5.17. The minimum absolute atomic E-state index is 0.243. The van der Waals surface area contributed by atoms with E-state index in [4.69, 9.17) is 0 Å². The molecule has 3 aliphatic heterocycles. The molecule has 3 rings (SSSR count). The van der Waals surface area contributed by atoms with Crippen LogP contribution in [0, 0.1) is 0 Å². The van der Waals surface area contributed by atoms with Gasteiger partial charge in [0.2, 0.25) is 0 Å². The van der Waals surface area contributed by atoms with Gasteiger partial charge in [-0.2, -0.15) is 0 Å². The second-order valence-corrected chi connectivity index (χ2v) is 5.17. The maximum absolute atomic E-state index is 12.1. The van der Waals surface area contributed by atoms with E-state index in [-0.39, 0.29) is 18.0 Å². The number of carbonyl (C=O) groups is 2. The molecule has 0 aromatic heterocycles. The highest BCUT2D eigenvalue weighted by atomic mass is 16.2. The summed E-state index contributed by atoms with van der Waals surface area (Å²) in [6.45, 7) is 4.69. The monoisotopic (exact) mass is 265 g/mol. The molecule has 0 spiro atoms. The number of urea groups is 1. The third-order valence-corrected chi connectivity index (χ3v) is 4.07. The van der Waals surface area contributed by atoms with Crippen LogP contribution >= 0.6 is 0 Å². The van der Waals surface area contributed by atoms with Crippen molar-refractivity contribution in [3.8, 4) is 0 Å². The Morgan fingerprint density at radius 1 is 1.32 bits per heavy atom. The second kappa shape index (κ2) is 4.40. The van der Waals surface area contributed by atoms with Crippen LogP contribution in [0.1, 0.15) is 19.8 Å². The Hall–Kier alpha value is -1.79. The number of nitrogens with one attached hydrogen (secondary N) is 1. The first-order chi connectivity index (χ1) is 9.13. The summed E-state index contributed by atoms with van der Waals surface area (Å²) in [5.41, 5.74) is 0. The Labute approximate surface area is 112 Å². The van der Waals surface area contributed by atoms with E-state index in [1.54, 1.807) is 7.05 Å². The van der Waals surface area contributed by atoms with E-state index < -0.39 is 6.17 Å². The van der Waals surface area contributed by atoms with E-state index in [1.165, 1.54) is 4.90 Å². The van der Waals surface area contributed by atoms with Crippen LogP contribution < -0.4 is 5.32 Å². The Balaban J connectivity index is 1.92. The molecule has 0 bridgehead atoms. The van der Waals surface area contributed by atoms with Crippen LogP contribution in [0.2, 0.25) is 0 Å². The number of likely N-dealkylation sites (N-methyl/N-ethyl adjacent to an activating group) is 2.